The van der Waals surface area contributed by atoms with Gasteiger partial charge in [-0.25, -0.2) is 5.84 Å². The van der Waals surface area contributed by atoms with Gasteiger partial charge in [0.2, 0.25) is 0 Å². The molecule has 0 atom stereocenters. The molecule has 166 valence electrons. The number of rotatable bonds is 5. The average Bonchev–Trinajstić information content (AvgIpc) is 3.00. The normalized spacial score (nSPS) is 16.7. The summed E-state index contributed by atoms with van der Waals surface area (Å²) in [6.07, 6.45) is 3.79. The third-order valence-corrected chi connectivity index (χ3v) is 6.22. The molecule has 1 aliphatic rings. The molecule has 1 aliphatic heterocycles. The van der Waals surface area contributed by atoms with E-state index in [2.05, 4.69) is 10.6 Å². The van der Waals surface area contributed by atoms with Crippen molar-refractivity contribution in [1.29, 1.82) is 0 Å². The Hall–Kier alpha value is -2.32. The fourth-order valence-electron chi connectivity index (χ4n) is 4.36. The molecule has 0 unspecified atom stereocenters. The first kappa shape index (κ1) is 21.9. The third kappa shape index (κ3) is 4.23. The number of nitrogens with two attached hydrogens (primary N) is 2. The summed E-state index contributed by atoms with van der Waals surface area (Å²) in [5.74, 6) is 6.49. The van der Waals surface area contributed by atoms with E-state index in [1.165, 1.54) is 5.01 Å². The van der Waals surface area contributed by atoms with Crippen molar-refractivity contribution in [3.8, 4) is 0 Å². The number of halogens is 1. The molecule has 1 aromatic carbocycles. The largest absolute Gasteiger partial charge is 0.388 e. The number of nitrogens with zero attached hydrogens (tertiary/aromatic N) is 3. The van der Waals surface area contributed by atoms with E-state index in [4.69, 9.17) is 32.9 Å². The standard InChI is InChI=1S/C23H30ClN5O2/c1-23(2,30)16-4-5-17-18(11-16)29(13-14-6-8-31-9-7-14)19-10-15(12-27-20(17)19)21(22(24)25)28(3)26/h4-5,10-12,14,30H,6-9,13,25-26H2,1-3H3/b22-21-. The maximum Gasteiger partial charge on any atom is 0.125 e. The van der Waals surface area contributed by atoms with Gasteiger partial charge in [0.1, 0.15) is 5.16 Å². The van der Waals surface area contributed by atoms with Crippen molar-refractivity contribution in [2.45, 2.75) is 38.8 Å². The van der Waals surface area contributed by atoms with Crippen LogP contribution in [0.2, 0.25) is 0 Å². The van der Waals surface area contributed by atoms with Crippen LogP contribution in [0.3, 0.4) is 0 Å². The van der Waals surface area contributed by atoms with Gasteiger partial charge in [-0.1, -0.05) is 23.7 Å². The predicted molar refractivity (Wildman–Crippen MR) is 125 cm³/mol. The molecule has 0 saturated carbocycles. The summed E-state index contributed by atoms with van der Waals surface area (Å²) < 4.78 is 7.85. The lowest BCUT2D eigenvalue weighted by molar-refractivity contribution is 0.0619. The molecule has 0 aliphatic carbocycles. The summed E-state index contributed by atoms with van der Waals surface area (Å²) in [7, 11) is 1.70. The van der Waals surface area contributed by atoms with Gasteiger partial charge in [-0.3, -0.25) is 4.98 Å². The number of hydrazine groups is 1. The van der Waals surface area contributed by atoms with Crippen LogP contribution in [0, 0.1) is 5.92 Å². The quantitative estimate of drug-likeness (QED) is 0.317. The Morgan fingerprint density at radius 1 is 1.29 bits per heavy atom. The van der Waals surface area contributed by atoms with Gasteiger partial charge in [0.05, 0.1) is 27.8 Å². The molecule has 8 heteroatoms. The van der Waals surface area contributed by atoms with E-state index in [0.717, 1.165) is 65.7 Å². The van der Waals surface area contributed by atoms with Crippen LogP contribution >= 0.6 is 11.6 Å². The summed E-state index contributed by atoms with van der Waals surface area (Å²) in [4.78, 5) is 4.76. The zero-order chi connectivity index (χ0) is 22.3. The molecule has 0 spiro atoms. The van der Waals surface area contributed by atoms with Crippen LogP contribution in [0.1, 0.15) is 37.8 Å². The van der Waals surface area contributed by atoms with Crippen LogP contribution in [0.5, 0.6) is 0 Å². The lowest BCUT2D eigenvalue weighted by atomic mass is 9.97. The first-order valence-corrected chi connectivity index (χ1v) is 10.9. The highest BCUT2D eigenvalue weighted by Gasteiger charge is 2.23. The summed E-state index contributed by atoms with van der Waals surface area (Å²) in [6, 6.07) is 8.11. The van der Waals surface area contributed by atoms with Gasteiger partial charge in [-0.05, 0) is 50.3 Å². The second-order valence-corrected chi connectivity index (χ2v) is 9.26. The monoisotopic (exact) mass is 443 g/mol. The molecule has 0 bridgehead atoms. The second kappa shape index (κ2) is 8.31. The van der Waals surface area contributed by atoms with Gasteiger partial charge in [0.25, 0.3) is 0 Å². The molecule has 3 heterocycles. The third-order valence-electron chi connectivity index (χ3n) is 6.04. The van der Waals surface area contributed by atoms with Gasteiger partial charge < -0.3 is 25.2 Å². The first-order chi connectivity index (χ1) is 14.7. The number of hydrogen-bond acceptors (Lipinski definition) is 6. The maximum absolute atomic E-state index is 10.6. The van der Waals surface area contributed by atoms with Crippen LogP contribution in [0.15, 0.2) is 35.6 Å². The fraction of sp³-hybridized carbons (Fsp3) is 0.435. The molecule has 5 N–H and O–H groups in total. The summed E-state index contributed by atoms with van der Waals surface area (Å²) in [6.45, 7) is 6.01. The van der Waals surface area contributed by atoms with Gasteiger partial charge in [0, 0.05) is 44.0 Å². The molecule has 2 aromatic heterocycles. The molecule has 3 aromatic rings. The molecule has 31 heavy (non-hydrogen) atoms. The number of ether oxygens (including phenoxy) is 1. The molecule has 0 amide bonds. The van der Waals surface area contributed by atoms with Gasteiger partial charge in [-0.2, -0.15) is 0 Å². The number of benzene rings is 1. The number of aromatic nitrogens is 2. The van der Waals surface area contributed by atoms with Crippen molar-refractivity contribution >= 4 is 39.2 Å². The summed E-state index contributed by atoms with van der Waals surface area (Å²) >= 11 is 6.13. The second-order valence-electron chi connectivity index (χ2n) is 8.86. The molecule has 4 rings (SSSR count). The van der Waals surface area contributed by atoms with E-state index < -0.39 is 5.60 Å². The van der Waals surface area contributed by atoms with E-state index in [1.54, 1.807) is 27.1 Å². The molecule has 1 saturated heterocycles. The molecule has 0 radical (unpaired) electrons. The minimum absolute atomic E-state index is 0.113. The number of hydrogen-bond donors (Lipinski definition) is 3. The van der Waals surface area contributed by atoms with Gasteiger partial charge >= 0.3 is 0 Å². The Labute approximate surface area is 187 Å². The van der Waals surface area contributed by atoms with Crippen LogP contribution < -0.4 is 11.6 Å². The van der Waals surface area contributed by atoms with Gasteiger partial charge in [0.15, 0.2) is 0 Å². The first-order valence-electron chi connectivity index (χ1n) is 10.5. The zero-order valence-corrected chi connectivity index (χ0v) is 19.0. The minimum Gasteiger partial charge on any atom is -0.388 e. The fourth-order valence-corrected chi connectivity index (χ4v) is 4.60. The van der Waals surface area contributed by atoms with Crippen molar-refractivity contribution in [2.75, 3.05) is 20.3 Å². The molecule has 7 nitrogen and oxygen atoms in total. The van der Waals surface area contributed by atoms with Crippen molar-refractivity contribution in [2.24, 2.45) is 17.5 Å². The summed E-state index contributed by atoms with van der Waals surface area (Å²) in [5, 5.41) is 13.1. The highest BCUT2D eigenvalue weighted by molar-refractivity contribution is 6.32. The van der Waals surface area contributed by atoms with Crippen LogP contribution in [0.4, 0.5) is 0 Å². The van der Waals surface area contributed by atoms with E-state index in [0.29, 0.717) is 11.6 Å². The van der Waals surface area contributed by atoms with Crippen LogP contribution in [0.25, 0.3) is 27.6 Å². The highest BCUT2D eigenvalue weighted by atomic mass is 35.5. The van der Waals surface area contributed by atoms with Crippen molar-refractivity contribution in [1.82, 2.24) is 14.6 Å². The summed E-state index contributed by atoms with van der Waals surface area (Å²) in [5.41, 5.74) is 10.0. The molecular formula is C23H30ClN5O2. The Kier molecular flexibility index (Phi) is 5.87. The maximum atomic E-state index is 10.6. The molecular weight excluding hydrogens is 414 g/mol. The zero-order valence-electron chi connectivity index (χ0n) is 18.2. The van der Waals surface area contributed by atoms with Crippen molar-refractivity contribution in [3.05, 3.63) is 46.7 Å². The Balaban J connectivity index is 1.95. The Morgan fingerprint density at radius 3 is 2.61 bits per heavy atom. The predicted octanol–water partition coefficient (Wildman–Crippen LogP) is 3.47. The highest BCUT2D eigenvalue weighted by Crippen LogP contribution is 2.34. The smallest absolute Gasteiger partial charge is 0.125 e. The Bertz CT molecular complexity index is 1140. The van der Waals surface area contributed by atoms with Crippen LogP contribution in [-0.2, 0) is 16.9 Å². The van der Waals surface area contributed by atoms with Crippen LogP contribution in [-0.4, -0.2) is 39.9 Å². The minimum atomic E-state index is -0.933. The number of fused-ring (bicyclic) bond motifs is 3. The number of aliphatic hydroxyl groups is 1. The van der Waals surface area contributed by atoms with Crippen molar-refractivity contribution in [3.63, 3.8) is 0 Å². The Morgan fingerprint density at radius 2 is 2.00 bits per heavy atom. The average molecular weight is 444 g/mol. The lowest BCUT2D eigenvalue weighted by Crippen LogP contribution is -2.26. The van der Waals surface area contributed by atoms with Crippen molar-refractivity contribution < 1.29 is 9.84 Å². The SMILES string of the molecule is CN(N)/C(=C(\N)Cl)c1cnc2c3ccc(C(C)(C)O)cc3n(CC3CCOCC3)c2c1. The lowest BCUT2D eigenvalue weighted by Gasteiger charge is -2.24. The molecule has 1 fully saturated rings. The van der Waals surface area contributed by atoms with E-state index in [9.17, 15) is 5.11 Å². The topological polar surface area (TPSA) is 103 Å². The number of pyridine rings is 1. The van der Waals surface area contributed by atoms with E-state index in [1.807, 2.05) is 18.2 Å². The van der Waals surface area contributed by atoms with Gasteiger partial charge in [-0.15, -0.1) is 0 Å². The van der Waals surface area contributed by atoms with E-state index in [-0.39, 0.29) is 5.16 Å². The van der Waals surface area contributed by atoms with E-state index >= 15 is 0 Å².